The van der Waals surface area contributed by atoms with Gasteiger partial charge in [-0.15, -0.1) is 0 Å². The van der Waals surface area contributed by atoms with Gasteiger partial charge in [0.05, 0.1) is 0 Å². The van der Waals surface area contributed by atoms with E-state index >= 15 is 0 Å². The van der Waals surface area contributed by atoms with Gasteiger partial charge in [-0.05, 0) is 63.5 Å². The molecule has 144 valence electrons. The van der Waals surface area contributed by atoms with Crippen molar-refractivity contribution in [1.29, 1.82) is 0 Å². The number of nitrogens with zero attached hydrogens (tertiary/aromatic N) is 2. The quantitative estimate of drug-likeness (QED) is 0.797. The van der Waals surface area contributed by atoms with Crippen molar-refractivity contribution in [3.8, 4) is 0 Å². The van der Waals surface area contributed by atoms with Crippen molar-refractivity contribution in [3.05, 3.63) is 0 Å². The molecule has 3 aliphatic rings. The van der Waals surface area contributed by atoms with Gasteiger partial charge < -0.3 is 14.7 Å². The Labute approximate surface area is 152 Å². The maximum atomic E-state index is 13.0. The number of aliphatic hydroxyl groups is 1. The van der Waals surface area contributed by atoms with Crippen LogP contribution in [0.4, 0.5) is 0 Å². The summed E-state index contributed by atoms with van der Waals surface area (Å²) >= 11 is 0. The summed E-state index contributed by atoms with van der Waals surface area (Å²) in [5.41, 5.74) is -1.17. The third kappa shape index (κ3) is 4.95. The molecule has 0 aromatic heterocycles. The molecule has 1 atom stereocenters. The summed E-state index contributed by atoms with van der Waals surface area (Å²) in [5.74, 6) is 1.26. The molecule has 5 heteroatoms. The lowest BCUT2D eigenvalue weighted by Gasteiger charge is -2.43. The number of piperidine rings is 2. The van der Waals surface area contributed by atoms with E-state index in [1.165, 1.54) is 32.1 Å². The summed E-state index contributed by atoms with van der Waals surface area (Å²) in [5, 5.41) is 11.1. The highest BCUT2D eigenvalue weighted by Crippen LogP contribution is 2.30. The Kier molecular flexibility index (Phi) is 6.75. The zero-order valence-electron chi connectivity index (χ0n) is 15.9. The van der Waals surface area contributed by atoms with E-state index in [0.717, 1.165) is 52.0 Å². The standard InChI is InChI=1S/C20H36N2O3/c1-25-15-18-8-12-21(13-9-18)16-20(24)10-5-11-22(19(20)23)14-17-6-3-2-4-7-17/h17-18,24H,2-16H2,1H3. The average Bonchev–Trinajstić information content (AvgIpc) is 2.62. The third-order valence-corrected chi connectivity index (χ3v) is 6.50. The fourth-order valence-electron chi connectivity index (χ4n) is 4.98. The Hall–Kier alpha value is -0.650. The molecule has 1 N–H and O–H groups in total. The lowest BCUT2D eigenvalue weighted by Crippen LogP contribution is -2.60. The first-order chi connectivity index (χ1) is 12.1. The number of ether oxygens (including phenoxy) is 1. The summed E-state index contributed by atoms with van der Waals surface area (Å²) in [6.45, 7) is 4.95. The van der Waals surface area contributed by atoms with Crippen molar-refractivity contribution >= 4 is 5.91 Å². The fourth-order valence-corrected chi connectivity index (χ4v) is 4.98. The van der Waals surface area contributed by atoms with Crippen molar-refractivity contribution in [2.45, 2.75) is 63.4 Å². The highest BCUT2D eigenvalue weighted by molar-refractivity contribution is 5.86. The minimum Gasteiger partial charge on any atom is -0.384 e. The second-order valence-electron chi connectivity index (χ2n) is 8.57. The van der Waals surface area contributed by atoms with Gasteiger partial charge in [0.15, 0.2) is 5.60 Å². The van der Waals surface area contributed by atoms with Crippen LogP contribution in [0.1, 0.15) is 57.8 Å². The van der Waals surface area contributed by atoms with Crippen LogP contribution in [0.25, 0.3) is 0 Å². The van der Waals surface area contributed by atoms with E-state index in [4.69, 9.17) is 4.74 Å². The van der Waals surface area contributed by atoms with Crippen molar-refractivity contribution in [2.24, 2.45) is 11.8 Å². The van der Waals surface area contributed by atoms with Gasteiger partial charge in [0.1, 0.15) is 0 Å². The van der Waals surface area contributed by atoms with Gasteiger partial charge in [-0.25, -0.2) is 0 Å². The Balaban J connectivity index is 1.52. The predicted octanol–water partition coefficient (Wildman–Crippen LogP) is 2.28. The van der Waals surface area contributed by atoms with Crippen molar-refractivity contribution < 1.29 is 14.6 Å². The smallest absolute Gasteiger partial charge is 0.255 e. The van der Waals surface area contributed by atoms with Crippen LogP contribution in [0.5, 0.6) is 0 Å². The topological polar surface area (TPSA) is 53.0 Å². The fraction of sp³-hybridized carbons (Fsp3) is 0.950. The van der Waals surface area contributed by atoms with E-state index in [-0.39, 0.29) is 5.91 Å². The maximum absolute atomic E-state index is 13.0. The van der Waals surface area contributed by atoms with E-state index in [9.17, 15) is 9.90 Å². The van der Waals surface area contributed by atoms with Gasteiger partial charge in [0, 0.05) is 33.4 Å². The minimum atomic E-state index is -1.17. The van der Waals surface area contributed by atoms with E-state index in [2.05, 4.69) is 4.90 Å². The van der Waals surface area contributed by atoms with Crippen LogP contribution in [0.15, 0.2) is 0 Å². The number of hydrogen-bond acceptors (Lipinski definition) is 4. The summed E-state index contributed by atoms with van der Waals surface area (Å²) in [7, 11) is 1.76. The van der Waals surface area contributed by atoms with Crippen molar-refractivity contribution in [1.82, 2.24) is 9.80 Å². The summed E-state index contributed by atoms with van der Waals surface area (Å²) in [4.78, 5) is 17.2. The van der Waals surface area contributed by atoms with Crippen LogP contribution in [0.3, 0.4) is 0 Å². The molecule has 25 heavy (non-hydrogen) atoms. The average molecular weight is 353 g/mol. The van der Waals surface area contributed by atoms with Crippen LogP contribution in [-0.4, -0.2) is 72.9 Å². The van der Waals surface area contributed by atoms with Gasteiger partial charge in [-0.2, -0.15) is 0 Å². The predicted molar refractivity (Wildman–Crippen MR) is 98.4 cm³/mol. The number of likely N-dealkylation sites (tertiary alicyclic amines) is 2. The van der Waals surface area contributed by atoms with Gasteiger partial charge in [0.25, 0.3) is 5.91 Å². The molecule has 2 saturated heterocycles. The molecule has 0 aromatic carbocycles. The first-order valence-electron chi connectivity index (χ1n) is 10.3. The van der Waals surface area contributed by atoms with Crippen LogP contribution in [-0.2, 0) is 9.53 Å². The van der Waals surface area contributed by atoms with Gasteiger partial charge >= 0.3 is 0 Å². The molecule has 3 rings (SSSR count). The molecular formula is C20H36N2O3. The molecule has 1 aliphatic carbocycles. The largest absolute Gasteiger partial charge is 0.384 e. The number of methoxy groups -OCH3 is 1. The second kappa shape index (κ2) is 8.83. The summed E-state index contributed by atoms with van der Waals surface area (Å²) in [6, 6.07) is 0. The molecule has 0 radical (unpaired) electrons. The molecule has 5 nitrogen and oxygen atoms in total. The van der Waals surface area contributed by atoms with E-state index in [1.807, 2.05) is 4.90 Å². The van der Waals surface area contributed by atoms with E-state index in [1.54, 1.807) is 7.11 Å². The molecule has 0 spiro atoms. The van der Waals surface area contributed by atoms with Crippen molar-refractivity contribution in [2.75, 3.05) is 46.4 Å². The number of hydrogen-bond donors (Lipinski definition) is 1. The maximum Gasteiger partial charge on any atom is 0.255 e. The number of carbonyl (C=O) groups excluding carboxylic acids is 1. The Morgan fingerprint density at radius 3 is 2.44 bits per heavy atom. The van der Waals surface area contributed by atoms with Gasteiger partial charge in [-0.1, -0.05) is 19.3 Å². The number of β-amino-alcohol motifs (C(OH)–C–C–N with tert-alkyl or cyclic N) is 1. The second-order valence-corrected chi connectivity index (χ2v) is 8.57. The van der Waals surface area contributed by atoms with Crippen LogP contribution in [0.2, 0.25) is 0 Å². The van der Waals surface area contributed by atoms with Crippen LogP contribution >= 0.6 is 0 Å². The molecule has 2 heterocycles. The molecule has 1 saturated carbocycles. The van der Waals surface area contributed by atoms with Crippen molar-refractivity contribution in [3.63, 3.8) is 0 Å². The van der Waals surface area contributed by atoms with Gasteiger partial charge in [-0.3, -0.25) is 9.69 Å². The molecule has 1 unspecified atom stereocenters. The SMILES string of the molecule is COCC1CCN(CC2(O)CCCN(CC3CCCCC3)C2=O)CC1. The Morgan fingerprint density at radius 1 is 1.04 bits per heavy atom. The van der Waals surface area contributed by atoms with E-state index < -0.39 is 5.60 Å². The molecule has 3 fully saturated rings. The first kappa shape index (κ1) is 19.1. The normalized spacial score (nSPS) is 30.8. The zero-order chi connectivity index (χ0) is 17.7. The number of amides is 1. The molecule has 0 aromatic rings. The van der Waals surface area contributed by atoms with Gasteiger partial charge in [0.2, 0.25) is 0 Å². The lowest BCUT2D eigenvalue weighted by molar-refractivity contribution is -0.161. The lowest BCUT2D eigenvalue weighted by atomic mass is 9.86. The Morgan fingerprint density at radius 2 is 1.76 bits per heavy atom. The number of rotatable bonds is 6. The third-order valence-electron chi connectivity index (χ3n) is 6.50. The molecule has 0 bridgehead atoms. The molecule has 2 aliphatic heterocycles. The van der Waals surface area contributed by atoms with Crippen LogP contribution in [0, 0.1) is 11.8 Å². The number of carbonyl (C=O) groups is 1. The van der Waals surface area contributed by atoms with Crippen LogP contribution < -0.4 is 0 Å². The minimum absolute atomic E-state index is 0.0108. The first-order valence-corrected chi connectivity index (χ1v) is 10.3. The summed E-state index contributed by atoms with van der Waals surface area (Å²) < 4.78 is 5.26. The van der Waals surface area contributed by atoms with E-state index in [0.29, 0.717) is 24.8 Å². The Bertz CT molecular complexity index is 431. The molecule has 1 amide bonds. The summed E-state index contributed by atoms with van der Waals surface area (Å²) in [6.07, 6.45) is 10.2. The monoisotopic (exact) mass is 352 g/mol. The highest BCUT2D eigenvalue weighted by atomic mass is 16.5. The zero-order valence-corrected chi connectivity index (χ0v) is 15.9. The highest BCUT2D eigenvalue weighted by Gasteiger charge is 2.44. The molecular weight excluding hydrogens is 316 g/mol.